The van der Waals surface area contributed by atoms with E-state index in [9.17, 15) is 4.79 Å². The maximum Gasteiger partial charge on any atom is 0.250 e. The number of ether oxygens (including phenoxy) is 1. The molecule has 3 rings (SSSR count). The van der Waals surface area contributed by atoms with Crippen LogP contribution in [0.25, 0.3) is 0 Å². The van der Waals surface area contributed by atoms with Gasteiger partial charge in [-0.3, -0.25) is 4.79 Å². The molecule has 1 aliphatic carbocycles. The van der Waals surface area contributed by atoms with Crippen LogP contribution >= 0.6 is 0 Å². The van der Waals surface area contributed by atoms with E-state index in [4.69, 9.17) is 4.74 Å². The average molecular weight is 288 g/mol. The molecule has 3 unspecified atom stereocenters. The molecular formula is C17H24N2O2. The molecule has 21 heavy (non-hydrogen) atoms. The third-order valence-corrected chi connectivity index (χ3v) is 4.55. The van der Waals surface area contributed by atoms with Gasteiger partial charge < -0.3 is 15.4 Å². The molecule has 2 N–H and O–H groups in total. The molecule has 3 atom stereocenters. The van der Waals surface area contributed by atoms with Crippen LogP contribution in [0.2, 0.25) is 0 Å². The summed E-state index contributed by atoms with van der Waals surface area (Å²) >= 11 is 0. The predicted octanol–water partition coefficient (Wildman–Crippen LogP) is 1.50. The molecule has 1 aromatic carbocycles. The fourth-order valence-electron chi connectivity index (χ4n) is 3.40. The lowest BCUT2D eigenvalue weighted by Gasteiger charge is -2.27. The Hall–Kier alpha value is -1.39. The lowest BCUT2D eigenvalue weighted by molar-refractivity contribution is -0.135. The summed E-state index contributed by atoms with van der Waals surface area (Å²) < 4.78 is 5.53. The third-order valence-electron chi connectivity index (χ3n) is 4.55. The van der Waals surface area contributed by atoms with E-state index < -0.39 is 0 Å². The van der Waals surface area contributed by atoms with Crippen molar-refractivity contribution in [2.45, 2.75) is 37.8 Å². The summed E-state index contributed by atoms with van der Waals surface area (Å²) in [4.78, 5) is 12.3. The van der Waals surface area contributed by atoms with Crippen LogP contribution in [0, 0.1) is 5.92 Å². The number of hydrogen-bond acceptors (Lipinski definition) is 3. The molecule has 1 amide bonds. The molecule has 0 radical (unpaired) electrons. The molecule has 1 aromatic rings. The van der Waals surface area contributed by atoms with Gasteiger partial charge in [-0.05, 0) is 30.7 Å². The highest BCUT2D eigenvalue weighted by Gasteiger charge is 2.31. The van der Waals surface area contributed by atoms with Gasteiger partial charge in [-0.2, -0.15) is 0 Å². The lowest BCUT2D eigenvalue weighted by atomic mass is 9.94. The van der Waals surface area contributed by atoms with Crippen LogP contribution in [-0.2, 0) is 16.0 Å². The van der Waals surface area contributed by atoms with Gasteiger partial charge in [-0.1, -0.05) is 36.8 Å². The van der Waals surface area contributed by atoms with Gasteiger partial charge in [0.25, 0.3) is 5.91 Å². The second-order valence-electron chi connectivity index (χ2n) is 6.06. The number of carbonyl (C=O) groups excluding carboxylic acids is 1. The first-order chi connectivity index (χ1) is 10.3. The Bertz CT molecular complexity index is 457. The Balaban J connectivity index is 1.55. The highest BCUT2D eigenvalue weighted by molar-refractivity contribution is 5.81. The van der Waals surface area contributed by atoms with E-state index in [0.717, 1.165) is 19.4 Å². The number of carbonyl (C=O) groups is 1. The molecule has 1 saturated heterocycles. The largest absolute Gasteiger partial charge is 0.366 e. The monoisotopic (exact) mass is 288 g/mol. The number of nitrogens with one attached hydrogen (secondary N) is 2. The number of benzene rings is 1. The van der Waals surface area contributed by atoms with Crippen molar-refractivity contribution in [2.24, 2.45) is 5.92 Å². The Morgan fingerprint density at radius 1 is 1.29 bits per heavy atom. The molecule has 2 aliphatic rings. The quantitative estimate of drug-likeness (QED) is 0.883. The van der Waals surface area contributed by atoms with E-state index >= 15 is 0 Å². The molecule has 2 fully saturated rings. The van der Waals surface area contributed by atoms with Crippen LogP contribution in [0.4, 0.5) is 0 Å². The molecular weight excluding hydrogens is 264 g/mol. The van der Waals surface area contributed by atoms with E-state index in [2.05, 4.69) is 34.9 Å². The van der Waals surface area contributed by atoms with E-state index in [1.807, 2.05) is 6.07 Å². The lowest BCUT2D eigenvalue weighted by Crippen LogP contribution is -2.51. The van der Waals surface area contributed by atoms with Gasteiger partial charge in [-0.25, -0.2) is 0 Å². The fourth-order valence-corrected chi connectivity index (χ4v) is 3.40. The van der Waals surface area contributed by atoms with Gasteiger partial charge in [0.1, 0.15) is 6.10 Å². The maximum atomic E-state index is 12.3. The zero-order valence-corrected chi connectivity index (χ0v) is 12.4. The van der Waals surface area contributed by atoms with Crippen molar-refractivity contribution in [1.82, 2.24) is 10.6 Å². The second-order valence-corrected chi connectivity index (χ2v) is 6.06. The van der Waals surface area contributed by atoms with Crippen molar-refractivity contribution in [2.75, 3.05) is 19.7 Å². The van der Waals surface area contributed by atoms with Gasteiger partial charge in [0.2, 0.25) is 0 Å². The third kappa shape index (κ3) is 3.83. The zero-order valence-electron chi connectivity index (χ0n) is 12.4. The van der Waals surface area contributed by atoms with Gasteiger partial charge in [0.15, 0.2) is 0 Å². The van der Waals surface area contributed by atoms with Crippen LogP contribution in [0.5, 0.6) is 0 Å². The van der Waals surface area contributed by atoms with Crippen molar-refractivity contribution in [3.05, 3.63) is 35.9 Å². The topological polar surface area (TPSA) is 50.4 Å². The number of rotatable bonds is 4. The average Bonchev–Trinajstić information content (AvgIpc) is 2.96. The highest BCUT2D eigenvalue weighted by atomic mass is 16.5. The number of hydrogen-bond donors (Lipinski definition) is 2. The smallest absolute Gasteiger partial charge is 0.250 e. The fraction of sp³-hybridized carbons (Fsp3) is 0.588. The van der Waals surface area contributed by atoms with Crippen molar-refractivity contribution >= 4 is 5.91 Å². The Morgan fingerprint density at radius 2 is 2.14 bits per heavy atom. The molecule has 0 aromatic heterocycles. The summed E-state index contributed by atoms with van der Waals surface area (Å²) in [5.41, 5.74) is 1.36. The summed E-state index contributed by atoms with van der Waals surface area (Å²) in [5.74, 6) is 0.597. The molecule has 1 aliphatic heterocycles. The van der Waals surface area contributed by atoms with E-state index in [0.29, 0.717) is 25.1 Å². The Morgan fingerprint density at radius 3 is 2.90 bits per heavy atom. The first-order valence-electron chi connectivity index (χ1n) is 7.99. The molecule has 4 heteroatoms. The second kappa shape index (κ2) is 7.05. The van der Waals surface area contributed by atoms with E-state index in [-0.39, 0.29) is 12.0 Å². The Kier molecular flexibility index (Phi) is 4.88. The zero-order chi connectivity index (χ0) is 14.5. The normalized spacial score (nSPS) is 29.2. The van der Waals surface area contributed by atoms with Crippen LogP contribution in [0.15, 0.2) is 30.3 Å². The summed E-state index contributed by atoms with van der Waals surface area (Å²) in [5, 5.41) is 6.42. The number of morpholine rings is 1. The molecule has 114 valence electrons. The minimum atomic E-state index is -0.322. The van der Waals surface area contributed by atoms with Crippen molar-refractivity contribution in [1.29, 1.82) is 0 Å². The minimum absolute atomic E-state index is 0.0483. The van der Waals surface area contributed by atoms with E-state index in [1.54, 1.807) is 0 Å². The molecule has 1 saturated carbocycles. The minimum Gasteiger partial charge on any atom is -0.366 e. The number of amides is 1. The molecule has 1 heterocycles. The first kappa shape index (κ1) is 14.5. The summed E-state index contributed by atoms with van der Waals surface area (Å²) in [7, 11) is 0. The van der Waals surface area contributed by atoms with Gasteiger partial charge in [-0.15, -0.1) is 0 Å². The van der Waals surface area contributed by atoms with Crippen molar-refractivity contribution in [3.63, 3.8) is 0 Å². The summed E-state index contributed by atoms with van der Waals surface area (Å²) in [6, 6.07) is 10.9. The van der Waals surface area contributed by atoms with Crippen LogP contribution < -0.4 is 10.6 Å². The molecule has 4 nitrogen and oxygen atoms in total. The molecule has 0 bridgehead atoms. The van der Waals surface area contributed by atoms with Gasteiger partial charge >= 0.3 is 0 Å². The maximum absolute atomic E-state index is 12.3. The van der Waals surface area contributed by atoms with Gasteiger partial charge in [0, 0.05) is 19.1 Å². The standard InChI is InChI=1S/C17H24N2O2/c20-17(16-12-18-9-10-21-16)19-15-8-4-7-14(15)11-13-5-2-1-3-6-13/h1-3,5-6,14-16,18H,4,7-12H2,(H,19,20). The predicted molar refractivity (Wildman–Crippen MR) is 82.0 cm³/mol. The first-order valence-corrected chi connectivity index (χ1v) is 7.99. The molecule has 0 spiro atoms. The highest BCUT2D eigenvalue weighted by Crippen LogP contribution is 2.29. The van der Waals surface area contributed by atoms with Crippen LogP contribution in [-0.4, -0.2) is 37.7 Å². The van der Waals surface area contributed by atoms with Gasteiger partial charge in [0.05, 0.1) is 6.61 Å². The van der Waals surface area contributed by atoms with Crippen LogP contribution in [0.1, 0.15) is 24.8 Å². The SMILES string of the molecule is O=C(NC1CCCC1Cc1ccccc1)C1CNCCO1. The van der Waals surface area contributed by atoms with Crippen LogP contribution in [0.3, 0.4) is 0 Å². The van der Waals surface area contributed by atoms with Crippen molar-refractivity contribution < 1.29 is 9.53 Å². The summed E-state index contributed by atoms with van der Waals surface area (Å²) in [6.45, 7) is 2.09. The van der Waals surface area contributed by atoms with E-state index in [1.165, 1.54) is 18.4 Å². The summed E-state index contributed by atoms with van der Waals surface area (Å²) in [6.07, 6.45) is 4.21. The Labute approximate surface area is 126 Å². The van der Waals surface area contributed by atoms with Crippen molar-refractivity contribution in [3.8, 4) is 0 Å².